The number of anilines is 1. The number of hydrogen-bond donors (Lipinski definition) is 0. The number of hydrogen-bond acceptors (Lipinski definition) is 5. The zero-order chi connectivity index (χ0) is 19.7. The number of sulfonamides is 1. The molecule has 0 atom stereocenters. The molecule has 0 N–H and O–H groups in total. The third kappa shape index (κ3) is 3.70. The minimum atomic E-state index is -3.54. The van der Waals surface area contributed by atoms with Crippen molar-refractivity contribution in [2.45, 2.75) is 18.7 Å². The molecule has 28 heavy (non-hydrogen) atoms. The maximum atomic E-state index is 13.3. The second kappa shape index (κ2) is 7.66. The monoisotopic (exact) mass is 413 g/mol. The van der Waals surface area contributed by atoms with Crippen LogP contribution in [-0.2, 0) is 10.0 Å². The van der Waals surface area contributed by atoms with Crippen LogP contribution in [0, 0.1) is 13.8 Å². The lowest BCUT2D eigenvalue weighted by atomic mass is 10.1. The Morgan fingerprint density at radius 3 is 2.32 bits per heavy atom. The first kappa shape index (κ1) is 19.1. The number of aryl methyl sites for hydroxylation is 2. The van der Waals surface area contributed by atoms with E-state index in [1.54, 1.807) is 21.7 Å². The minimum Gasteiger partial charge on any atom is -0.369 e. The van der Waals surface area contributed by atoms with Crippen LogP contribution in [0.25, 0.3) is 11.3 Å². The summed E-state index contributed by atoms with van der Waals surface area (Å²) in [6, 6.07) is 15.7. The molecule has 1 aromatic heterocycles. The van der Waals surface area contributed by atoms with Gasteiger partial charge < -0.3 is 4.90 Å². The van der Waals surface area contributed by atoms with E-state index in [0.717, 1.165) is 27.5 Å². The smallest absolute Gasteiger partial charge is 0.243 e. The molecule has 0 aliphatic carbocycles. The Hall–Kier alpha value is -2.22. The topological polar surface area (TPSA) is 53.5 Å². The molecular weight excluding hydrogens is 390 g/mol. The van der Waals surface area contributed by atoms with Crippen LogP contribution in [0.4, 0.5) is 5.69 Å². The van der Waals surface area contributed by atoms with Crippen LogP contribution in [0.1, 0.15) is 10.6 Å². The first-order chi connectivity index (χ1) is 13.4. The van der Waals surface area contributed by atoms with Crippen molar-refractivity contribution in [3.63, 3.8) is 0 Å². The van der Waals surface area contributed by atoms with Gasteiger partial charge in [-0.15, -0.1) is 11.3 Å². The van der Waals surface area contributed by atoms with Gasteiger partial charge in [0.1, 0.15) is 0 Å². The van der Waals surface area contributed by atoms with Crippen LogP contribution in [0.2, 0.25) is 0 Å². The van der Waals surface area contributed by atoms with E-state index in [-0.39, 0.29) is 0 Å². The lowest BCUT2D eigenvalue weighted by Gasteiger charge is -2.35. The average molecular weight is 414 g/mol. The zero-order valence-electron chi connectivity index (χ0n) is 16.0. The fourth-order valence-electron chi connectivity index (χ4n) is 3.50. The lowest BCUT2D eigenvalue weighted by Crippen LogP contribution is -2.48. The minimum absolute atomic E-state index is 0.379. The van der Waals surface area contributed by atoms with E-state index in [9.17, 15) is 8.42 Å². The number of benzene rings is 2. The molecular formula is C21H23N3O2S2. The third-order valence-corrected chi connectivity index (χ3v) is 7.89. The summed E-state index contributed by atoms with van der Waals surface area (Å²) < 4.78 is 28.3. The highest BCUT2D eigenvalue weighted by molar-refractivity contribution is 7.89. The number of rotatable bonds is 4. The Labute approximate surface area is 170 Å². The molecule has 1 aliphatic heterocycles. The van der Waals surface area contributed by atoms with Gasteiger partial charge in [0.05, 0.1) is 15.6 Å². The Morgan fingerprint density at radius 1 is 0.964 bits per heavy atom. The van der Waals surface area contributed by atoms with E-state index in [1.165, 1.54) is 0 Å². The largest absolute Gasteiger partial charge is 0.369 e. The Morgan fingerprint density at radius 2 is 1.68 bits per heavy atom. The quantitative estimate of drug-likeness (QED) is 0.650. The van der Waals surface area contributed by atoms with E-state index in [0.29, 0.717) is 31.1 Å². The van der Waals surface area contributed by atoms with E-state index in [1.807, 2.05) is 49.6 Å². The predicted molar refractivity (Wildman–Crippen MR) is 114 cm³/mol. The highest BCUT2D eigenvalue weighted by Gasteiger charge is 2.30. The maximum absolute atomic E-state index is 13.3. The summed E-state index contributed by atoms with van der Waals surface area (Å²) in [7, 11) is -3.54. The Bertz CT molecular complexity index is 1070. The molecule has 4 rings (SSSR count). The highest BCUT2D eigenvalue weighted by Crippen LogP contribution is 2.29. The Kier molecular flexibility index (Phi) is 5.23. The highest BCUT2D eigenvalue weighted by atomic mass is 32.2. The molecule has 0 unspecified atom stereocenters. The van der Waals surface area contributed by atoms with Crippen LogP contribution < -0.4 is 4.90 Å². The van der Waals surface area contributed by atoms with Gasteiger partial charge in [-0.2, -0.15) is 4.31 Å². The number of nitrogens with zero attached hydrogens (tertiary/aromatic N) is 3. The van der Waals surface area contributed by atoms with Crippen LogP contribution in [-0.4, -0.2) is 43.9 Å². The van der Waals surface area contributed by atoms with Gasteiger partial charge >= 0.3 is 0 Å². The average Bonchev–Trinajstić information content (AvgIpc) is 3.15. The molecule has 0 spiro atoms. The number of para-hydroxylation sites is 1. The van der Waals surface area contributed by atoms with Crippen molar-refractivity contribution < 1.29 is 8.42 Å². The van der Waals surface area contributed by atoms with Crippen LogP contribution in [0.15, 0.2) is 58.8 Å². The zero-order valence-corrected chi connectivity index (χ0v) is 17.6. The fourth-order valence-corrected chi connectivity index (χ4v) is 5.79. The molecule has 0 saturated carbocycles. The molecule has 1 fully saturated rings. The van der Waals surface area contributed by atoms with E-state index in [4.69, 9.17) is 0 Å². The van der Waals surface area contributed by atoms with E-state index < -0.39 is 10.0 Å². The van der Waals surface area contributed by atoms with Crippen molar-refractivity contribution in [1.29, 1.82) is 0 Å². The molecule has 146 valence electrons. The van der Waals surface area contributed by atoms with Gasteiger partial charge in [-0.25, -0.2) is 13.4 Å². The number of piperazine rings is 1. The first-order valence-electron chi connectivity index (χ1n) is 9.28. The van der Waals surface area contributed by atoms with Crippen molar-refractivity contribution in [3.05, 3.63) is 64.5 Å². The molecule has 1 aliphatic rings. The van der Waals surface area contributed by atoms with Gasteiger partial charge in [0, 0.05) is 42.8 Å². The Balaban J connectivity index is 1.57. The summed E-state index contributed by atoms with van der Waals surface area (Å²) in [4.78, 5) is 7.10. The van der Waals surface area contributed by atoms with Gasteiger partial charge in [-0.3, -0.25) is 0 Å². The molecule has 7 heteroatoms. The van der Waals surface area contributed by atoms with Crippen molar-refractivity contribution >= 4 is 27.0 Å². The summed E-state index contributed by atoms with van der Waals surface area (Å²) in [5.41, 5.74) is 3.57. The SMILES string of the molecule is Cc1nc(-c2ccc(C)c(S(=O)(=O)N3CCN(c4ccccc4)CC3)c2)cs1. The lowest BCUT2D eigenvalue weighted by molar-refractivity contribution is 0.384. The molecule has 2 aromatic carbocycles. The summed E-state index contributed by atoms with van der Waals surface area (Å²) in [5.74, 6) is 0. The maximum Gasteiger partial charge on any atom is 0.243 e. The summed E-state index contributed by atoms with van der Waals surface area (Å²) in [6.45, 7) is 6.14. The second-order valence-corrected chi connectivity index (χ2v) is 9.93. The molecule has 2 heterocycles. The van der Waals surface area contributed by atoms with Crippen molar-refractivity contribution in [2.75, 3.05) is 31.1 Å². The summed E-state index contributed by atoms with van der Waals surface area (Å²) >= 11 is 1.57. The normalized spacial score (nSPS) is 15.7. The molecule has 5 nitrogen and oxygen atoms in total. The molecule has 1 saturated heterocycles. The van der Waals surface area contributed by atoms with Gasteiger partial charge in [0.25, 0.3) is 0 Å². The number of thiazole rings is 1. The molecule has 0 bridgehead atoms. The van der Waals surface area contributed by atoms with E-state index in [2.05, 4.69) is 22.0 Å². The van der Waals surface area contributed by atoms with Crippen molar-refractivity contribution in [1.82, 2.24) is 9.29 Å². The first-order valence-corrected chi connectivity index (χ1v) is 11.6. The molecule has 0 radical (unpaired) electrons. The summed E-state index contributed by atoms with van der Waals surface area (Å²) in [6.07, 6.45) is 0. The van der Waals surface area contributed by atoms with Gasteiger partial charge in [-0.05, 0) is 37.6 Å². The summed E-state index contributed by atoms with van der Waals surface area (Å²) in [5, 5.41) is 2.94. The van der Waals surface area contributed by atoms with Gasteiger partial charge in [0.2, 0.25) is 10.0 Å². The van der Waals surface area contributed by atoms with Crippen molar-refractivity contribution in [2.24, 2.45) is 0 Å². The van der Waals surface area contributed by atoms with Crippen LogP contribution in [0.5, 0.6) is 0 Å². The van der Waals surface area contributed by atoms with Crippen molar-refractivity contribution in [3.8, 4) is 11.3 Å². The molecule has 0 amide bonds. The van der Waals surface area contributed by atoms with Gasteiger partial charge in [-0.1, -0.05) is 30.3 Å². The fraction of sp³-hybridized carbons (Fsp3) is 0.286. The number of aromatic nitrogens is 1. The predicted octanol–water partition coefficient (Wildman–Crippen LogP) is 3.94. The second-order valence-electron chi connectivity index (χ2n) is 6.96. The van der Waals surface area contributed by atoms with Crippen LogP contribution in [0.3, 0.4) is 0 Å². The van der Waals surface area contributed by atoms with E-state index >= 15 is 0 Å². The molecule has 3 aromatic rings. The standard InChI is InChI=1S/C21H23N3O2S2/c1-16-8-9-18(20-15-27-17(2)22-20)14-21(16)28(25,26)24-12-10-23(11-13-24)19-6-4-3-5-7-19/h3-9,14-15H,10-13H2,1-2H3. The third-order valence-electron chi connectivity index (χ3n) is 5.08. The van der Waals surface area contributed by atoms with Crippen LogP contribution >= 0.6 is 11.3 Å². The van der Waals surface area contributed by atoms with Gasteiger partial charge in [0.15, 0.2) is 0 Å².